The highest BCUT2D eigenvalue weighted by atomic mass is 28.3. The minimum atomic E-state index is -1.78. The highest BCUT2D eigenvalue weighted by molar-refractivity contribution is 6.90. The van der Waals surface area contributed by atoms with Crippen molar-refractivity contribution >= 4 is 25.3 Å². The summed E-state index contributed by atoms with van der Waals surface area (Å²) in [4.78, 5) is 10.6. The molecule has 1 aromatic carbocycles. The van der Waals surface area contributed by atoms with Gasteiger partial charge in [-0.15, -0.1) is 0 Å². The number of benzene rings is 1. The average Bonchev–Trinajstić information content (AvgIpc) is 2.25. The number of hydrogen-bond acceptors (Lipinski definition) is 3. The minimum Gasteiger partial charge on any atom is -0.504 e. The number of rotatable bonds is 4. The van der Waals surface area contributed by atoms with Gasteiger partial charge in [-0.05, 0) is 22.9 Å². The Balaban J connectivity index is 3.48. The highest BCUT2D eigenvalue weighted by Crippen LogP contribution is 2.28. The van der Waals surface area contributed by atoms with Crippen LogP contribution in [0.5, 0.6) is 11.5 Å². The predicted octanol–water partition coefficient (Wildman–Crippen LogP) is 2.04. The molecule has 0 radical (unpaired) electrons. The molecule has 0 saturated heterocycles. The molecular formula is C13H18O4Si. The Morgan fingerprint density at radius 3 is 2.39 bits per heavy atom. The molecule has 18 heavy (non-hydrogen) atoms. The molecule has 2 N–H and O–H groups in total. The zero-order valence-corrected chi connectivity index (χ0v) is 12.0. The quantitative estimate of drug-likeness (QED) is 0.646. The van der Waals surface area contributed by atoms with Crippen LogP contribution in [0.3, 0.4) is 0 Å². The molecule has 4 nitrogen and oxygen atoms in total. The fourth-order valence-electron chi connectivity index (χ4n) is 1.87. The molecule has 0 aliphatic rings. The first-order valence-corrected chi connectivity index (χ1v) is 9.09. The van der Waals surface area contributed by atoms with Gasteiger partial charge < -0.3 is 14.9 Å². The van der Waals surface area contributed by atoms with E-state index >= 15 is 0 Å². The molecule has 0 aliphatic carbocycles. The van der Waals surface area contributed by atoms with Crippen molar-refractivity contribution in [3.05, 3.63) is 23.8 Å². The molecule has 0 spiro atoms. The molecule has 98 valence electrons. The van der Waals surface area contributed by atoms with Gasteiger partial charge in [0.05, 0.1) is 15.2 Å². The number of ether oxygens (including phenoxy) is 1. The Kier molecular flexibility index (Phi) is 4.18. The van der Waals surface area contributed by atoms with E-state index in [1.165, 1.54) is 19.3 Å². The molecule has 0 aromatic heterocycles. The topological polar surface area (TPSA) is 66.8 Å². The smallest absolute Gasteiger partial charge is 0.328 e. The lowest BCUT2D eigenvalue weighted by Gasteiger charge is -2.23. The van der Waals surface area contributed by atoms with E-state index in [1.54, 1.807) is 6.07 Å². The van der Waals surface area contributed by atoms with E-state index in [0.29, 0.717) is 5.75 Å². The summed E-state index contributed by atoms with van der Waals surface area (Å²) in [6.07, 6.45) is 2.63. The third kappa shape index (κ3) is 3.13. The van der Waals surface area contributed by atoms with Crippen LogP contribution in [0.4, 0.5) is 0 Å². The van der Waals surface area contributed by atoms with Crippen molar-refractivity contribution in [1.29, 1.82) is 0 Å². The van der Waals surface area contributed by atoms with Gasteiger partial charge in [-0.3, -0.25) is 0 Å². The van der Waals surface area contributed by atoms with E-state index in [-0.39, 0.29) is 5.75 Å². The Hall–Kier alpha value is -1.75. The minimum absolute atomic E-state index is 0.0856. The molecule has 0 unspecified atom stereocenters. The van der Waals surface area contributed by atoms with E-state index in [0.717, 1.165) is 16.8 Å². The maximum Gasteiger partial charge on any atom is 0.328 e. The number of carboxylic acid groups (broad SMARTS) is 1. The first-order valence-electron chi connectivity index (χ1n) is 5.59. The van der Waals surface area contributed by atoms with Crippen molar-refractivity contribution in [3.8, 4) is 11.5 Å². The lowest BCUT2D eigenvalue weighted by Crippen LogP contribution is -2.40. The second kappa shape index (κ2) is 5.26. The van der Waals surface area contributed by atoms with Gasteiger partial charge in [0, 0.05) is 6.08 Å². The summed E-state index contributed by atoms with van der Waals surface area (Å²) in [5, 5.41) is 19.4. The molecule has 0 atom stereocenters. The molecule has 0 heterocycles. The molecule has 1 rings (SSSR count). The molecule has 0 amide bonds. The zero-order valence-electron chi connectivity index (χ0n) is 11.0. The largest absolute Gasteiger partial charge is 0.504 e. The van der Waals surface area contributed by atoms with Gasteiger partial charge in [0.15, 0.2) is 11.5 Å². The summed E-state index contributed by atoms with van der Waals surface area (Å²) in [6.45, 7) is 6.34. The van der Waals surface area contributed by atoms with Crippen LogP contribution in [-0.2, 0) is 4.79 Å². The van der Waals surface area contributed by atoms with Gasteiger partial charge in [0.1, 0.15) is 0 Å². The summed E-state index contributed by atoms with van der Waals surface area (Å²) in [7, 11) is -0.273. The van der Waals surface area contributed by atoms with Crippen LogP contribution in [0.1, 0.15) is 5.56 Å². The fourth-order valence-corrected chi connectivity index (χ4v) is 3.81. The van der Waals surface area contributed by atoms with Gasteiger partial charge in [-0.25, -0.2) is 4.79 Å². The summed E-state index contributed by atoms with van der Waals surface area (Å²) >= 11 is 0. The van der Waals surface area contributed by atoms with Gasteiger partial charge in [0.2, 0.25) is 0 Å². The molecule has 1 aromatic rings. The molecule has 0 bridgehead atoms. The lowest BCUT2D eigenvalue weighted by atomic mass is 10.2. The molecule has 0 aliphatic heterocycles. The van der Waals surface area contributed by atoms with Crippen LogP contribution in [0.15, 0.2) is 18.2 Å². The monoisotopic (exact) mass is 266 g/mol. The number of carboxylic acids is 1. The molecular weight excluding hydrogens is 248 g/mol. The lowest BCUT2D eigenvalue weighted by molar-refractivity contribution is -0.131. The summed E-state index contributed by atoms with van der Waals surface area (Å²) < 4.78 is 5.25. The van der Waals surface area contributed by atoms with Crippen molar-refractivity contribution in [2.24, 2.45) is 0 Å². The number of aromatic hydroxyl groups is 1. The van der Waals surface area contributed by atoms with Crippen LogP contribution in [0.25, 0.3) is 6.08 Å². The number of phenolic OH excluding ortho intramolecular Hbond substituents is 1. The first kappa shape index (κ1) is 14.3. The van der Waals surface area contributed by atoms with Gasteiger partial charge in [-0.2, -0.15) is 0 Å². The second-order valence-corrected chi connectivity index (χ2v) is 10.0. The maximum absolute atomic E-state index is 10.6. The Bertz CT molecular complexity index is 486. The Morgan fingerprint density at radius 2 is 1.94 bits per heavy atom. The number of hydrogen-bond donors (Lipinski definition) is 2. The predicted molar refractivity (Wildman–Crippen MR) is 74.3 cm³/mol. The van der Waals surface area contributed by atoms with E-state index < -0.39 is 14.0 Å². The maximum atomic E-state index is 10.6. The fraction of sp³-hybridized carbons (Fsp3) is 0.308. The molecule has 5 heteroatoms. The summed E-state index contributed by atoms with van der Waals surface area (Å²) in [5.41, 5.74) is 0.784. The van der Waals surface area contributed by atoms with E-state index in [9.17, 15) is 9.90 Å². The van der Waals surface area contributed by atoms with Crippen molar-refractivity contribution in [2.75, 3.05) is 7.11 Å². The van der Waals surface area contributed by atoms with Crippen LogP contribution in [-0.4, -0.2) is 31.4 Å². The van der Waals surface area contributed by atoms with Crippen LogP contribution >= 0.6 is 0 Å². The van der Waals surface area contributed by atoms with Crippen LogP contribution < -0.4 is 9.92 Å². The normalized spacial score (nSPS) is 11.8. The van der Waals surface area contributed by atoms with Crippen molar-refractivity contribution in [1.82, 2.24) is 0 Å². The zero-order chi connectivity index (χ0) is 13.9. The number of methoxy groups -OCH3 is 1. The third-order valence-electron chi connectivity index (χ3n) is 2.53. The molecule has 0 fully saturated rings. The Labute approximate surface area is 108 Å². The van der Waals surface area contributed by atoms with E-state index in [2.05, 4.69) is 19.6 Å². The van der Waals surface area contributed by atoms with Crippen LogP contribution in [0, 0.1) is 0 Å². The highest BCUT2D eigenvalue weighted by Gasteiger charge is 2.26. The van der Waals surface area contributed by atoms with Crippen LogP contribution in [0.2, 0.25) is 19.6 Å². The standard InChI is InChI=1S/C13H18O4Si/c1-17-12-10(14)7-5-9(6-8-11(15)16)13(12)18(2,3)4/h5-8,14H,1-4H3,(H,15,16)/b8-6+. The number of aliphatic carboxylic acids is 1. The van der Waals surface area contributed by atoms with Crippen molar-refractivity contribution < 1.29 is 19.7 Å². The van der Waals surface area contributed by atoms with Crippen molar-refractivity contribution in [3.63, 3.8) is 0 Å². The number of carbonyl (C=O) groups is 1. The van der Waals surface area contributed by atoms with Gasteiger partial charge in [-0.1, -0.05) is 25.7 Å². The summed E-state index contributed by atoms with van der Waals surface area (Å²) in [6, 6.07) is 3.23. The second-order valence-electron chi connectivity index (χ2n) is 5.00. The average molecular weight is 266 g/mol. The van der Waals surface area contributed by atoms with Crippen molar-refractivity contribution in [2.45, 2.75) is 19.6 Å². The van der Waals surface area contributed by atoms with E-state index in [4.69, 9.17) is 9.84 Å². The Morgan fingerprint density at radius 1 is 1.33 bits per heavy atom. The molecule has 0 saturated carbocycles. The summed E-state index contributed by atoms with van der Waals surface area (Å²) in [5.74, 6) is -0.465. The van der Waals surface area contributed by atoms with Gasteiger partial charge >= 0.3 is 5.97 Å². The van der Waals surface area contributed by atoms with E-state index in [1.807, 2.05) is 0 Å². The third-order valence-corrected chi connectivity index (χ3v) is 4.54. The van der Waals surface area contributed by atoms with Gasteiger partial charge in [0.25, 0.3) is 0 Å². The number of phenols is 1. The SMILES string of the molecule is COc1c(O)ccc(/C=C/C(=O)O)c1[Si](C)(C)C. The first-order chi connectivity index (χ1) is 8.27.